The predicted octanol–water partition coefficient (Wildman–Crippen LogP) is -1.04. The Kier molecular flexibility index (Phi) is 6.57. The molecule has 0 spiro atoms. The van der Waals surface area contributed by atoms with Gasteiger partial charge in [-0.15, -0.1) is 0 Å². The third-order valence-corrected chi connectivity index (χ3v) is 2.61. The van der Waals surface area contributed by atoms with Crippen LogP contribution in [-0.2, 0) is 14.3 Å². The summed E-state index contributed by atoms with van der Waals surface area (Å²) in [5.41, 5.74) is 0. The molecule has 1 rings (SSSR count). The molecule has 0 aliphatic carbocycles. The minimum absolute atomic E-state index is 0.229. The molecule has 0 radical (unpaired) electrons. The lowest BCUT2D eigenvalue weighted by atomic mass is 10.3. The standard InChI is InChI=1S/C11H21N3O3/c1-2-17-11(16)10(15)13-4-3-7-14-8-5-12-6-9-14/h12H,2-9H2,1H3,(H,13,15). The predicted molar refractivity (Wildman–Crippen MR) is 63.6 cm³/mol. The molecule has 1 fully saturated rings. The second-order valence-corrected chi connectivity index (χ2v) is 3.92. The molecule has 1 saturated heterocycles. The number of nitrogens with one attached hydrogen (secondary N) is 2. The number of amides is 1. The second-order valence-electron chi connectivity index (χ2n) is 3.92. The molecule has 2 N–H and O–H groups in total. The van der Waals surface area contributed by atoms with Crippen LogP contribution in [-0.4, -0.2) is 62.7 Å². The van der Waals surface area contributed by atoms with Gasteiger partial charge in [0.2, 0.25) is 0 Å². The maximum atomic E-state index is 11.2. The molecule has 1 aliphatic heterocycles. The first kappa shape index (κ1) is 13.9. The van der Waals surface area contributed by atoms with E-state index in [1.165, 1.54) is 0 Å². The van der Waals surface area contributed by atoms with Gasteiger partial charge in [0.05, 0.1) is 6.61 Å². The van der Waals surface area contributed by atoms with E-state index >= 15 is 0 Å². The molecule has 1 amide bonds. The monoisotopic (exact) mass is 243 g/mol. The summed E-state index contributed by atoms with van der Waals surface area (Å²) in [6.45, 7) is 7.51. The Bertz CT molecular complexity index is 252. The van der Waals surface area contributed by atoms with Crippen LogP contribution in [0.4, 0.5) is 0 Å². The summed E-state index contributed by atoms with van der Waals surface area (Å²) in [4.78, 5) is 24.5. The number of esters is 1. The number of hydrogen-bond donors (Lipinski definition) is 2. The molecular weight excluding hydrogens is 222 g/mol. The molecule has 1 heterocycles. The van der Waals surface area contributed by atoms with Crippen LogP contribution in [0.3, 0.4) is 0 Å². The minimum Gasteiger partial charge on any atom is -0.459 e. The van der Waals surface area contributed by atoms with E-state index in [1.807, 2.05) is 0 Å². The Morgan fingerprint density at radius 1 is 1.35 bits per heavy atom. The number of hydrogen-bond acceptors (Lipinski definition) is 5. The molecule has 0 aromatic rings. The van der Waals surface area contributed by atoms with Crippen LogP contribution in [0.15, 0.2) is 0 Å². The second kappa shape index (κ2) is 8.03. The van der Waals surface area contributed by atoms with Crippen LogP contribution in [0.5, 0.6) is 0 Å². The molecule has 6 nitrogen and oxygen atoms in total. The van der Waals surface area contributed by atoms with Crippen LogP contribution < -0.4 is 10.6 Å². The average Bonchev–Trinajstić information content (AvgIpc) is 2.36. The van der Waals surface area contributed by atoms with Crippen molar-refractivity contribution >= 4 is 11.9 Å². The summed E-state index contributed by atoms with van der Waals surface area (Å²) in [6, 6.07) is 0. The number of rotatable bonds is 5. The Hall–Kier alpha value is -1.14. The molecule has 0 aromatic heterocycles. The van der Waals surface area contributed by atoms with Gasteiger partial charge in [-0.2, -0.15) is 0 Å². The van der Waals surface area contributed by atoms with Crippen molar-refractivity contribution in [3.05, 3.63) is 0 Å². The molecule has 0 atom stereocenters. The fraction of sp³-hybridized carbons (Fsp3) is 0.818. The van der Waals surface area contributed by atoms with Gasteiger partial charge >= 0.3 is 11.9 Å². The van der Waals surface area contributed by atoms with Crippen molar-refractivity contribution in [3.8, 4) is 0 Å². The third kappa shape index (κ3) is 5.65. The molecule has 0 bridgehead atoms. The zero-order valence-corrected chi connectivity index (χ0v) is 10.3. The largest absolute Gasteiger partial charge is 0.459 e. The fourth-order valence-corrected chi connectivity index (χ4v) is 1.71. The molecular formula is C11H21N3O3. The van der Waals surface area contributed by atoms with Gasteiger partial charge in [0, 0.05) is 32.7 Å². The number of carbonyl (C=O) groups is 2. The van der Waals surface area contributed by atoms with Gasteiger partial charge < -0.3 is 20.3 Å². The number of piperazine rings is 1. The van der Waals surface area contributed by atoms with E-state index in [0.717, 1.165) is 39.1 Å². The van der Waals surface area contributed by atoms with Gasteiger partial charge in [0.25, 0.3) is 0 Å². The van der Waals surface area contributed by atoms with Crippen molar-refractivity contribution in [1.29, 1.82) is 0 Å². The summed E-state index contributed by atoms with van der Waals surface area (Å²) in [5.74, 6) is -1.44. The van der Waals surface area contributed by atoms with Gasteiger partial charge in [-0.1, -0.05) is 0 Å². The molecule has 0 unspecified atom stereocenters. The van der Waals surface area contributed by atoms with Gasteiger partial charge in [-0.3, -0.25) is 4.79 Å². The molecule has 6 heteroatoms. The quantitative estimate of drug-likeness (QED) is 0.367. The molecule has 0 saturated carbocycles. The number of carbonyl (C=O) groups excluding carboxylic acids is 2. The number of nitrogens with zero attached hydrogens (tertiary/aromatic N) is 1. The zero-order chi connectivity index (χ0) is 12.5. The van der Waals surface area contributed by atoms with Gasteiger partial charge in [-0.25, -0.2) is 4.79 Å². The SMILES string of the molecule is CCOC(=O)C(=O)NCCCN1CCNCC1. The minimum atomic E-state index is -0.797. The molecule has 0 aromatic carbocycles. The van der Waals surface area contributed by atoms with Crippen molar-refractivity contribution in [3.63, 3.8) is 0 Å². The normalized spacial score (nSPS) is 16.5. The summed E-state index contributed by atoms with van der Waals surface area (Å²) < 4.78 is 4.58. The Labute approximate surface area is 102 Å². The van der Waals surface area contributed by atoms with E-state index in [1.54, 1.807) is 6.92 Å². The highest BCUT2D eigenvalue weighted by Gasteiger charge is 2.14. The number of ether oxygens (including phenoxy) is 1. The average molecular weight is 243 g/mol. The van der Waals surface area contributed by atoms with Crippen molar-refractivity contribution in [2.24, 2.45) is 0 Å². The van der Waals surface area contributed by atoms with E-state index in [-0.39, 0.29) is 6.61 Å². The summed E-state index contributed by atoms with van der Waals surface area (Å²) in [7, 11) is 0. The van der Waals surface area contributed by atoms with Crippen LogP contribution in [0.1, 0.15) is 13.3 Å². The lowest BCUT2D eigenvalue weighted by molar-refractivity contribution is -0.154. The summed E-state index contributed by atoms with van der Waals surface area (Å²) in [6.07, 6.45) is 0.852. The van der Waals surface area contributed by atoms with Gasteiger partial charge in [-0.05, 0) is 19.9 Å². The van der Waals surface area contributed by atoms with Crippen molar-refractivity contribution in [2.75, 3.05) is 45.9 Å². The van der Waals surface area contributed by atoms with E-state index in [9.17, 15) is 9.59 Å². The van der Waals surface area contributed by atoms with Crippen molar-refractivity contribution in [2.45, 2.75) is 13.3 Å². The van der Waals surface area contributed by atoms with Crippen LogP contribution in [0, 0.1) is 0 Å². The van der Waals surface area contributed by atoms with Gasteiger partial charge in [0.15, 0.2) is 0 Å². The van der Waals surface area contributed by atoms with E-state index < -0.39 is 11.9 Å². The highest BCUT2D eigenvalue weighted by molar-refractivity contribution is 6.32. The first-order valence-corrected chi connectivity index (χ1v) is 6.12. The Morgan fingerprint density at radius 2 is 2.06 bits per heavy atom. The first-order valence-electron chi connectivity index (χ1n) is 6.12. The third-order valence-electron chi connectivity index (χ3n) is 2.61. The topological polar surface area (TPSA) is 70.7 Å². The van der Waals surface area contributed by atoms with E-state index in [0.29, 0.717) is 6.54 Å². The fourth-order valence-electron chi connectivity index (χ4n) is 1.71. The Morgan fingerprint density at radius 3 is 2.71 bits per heavy atom. The molecule has 17 heavy (non-hydrogen) atoms. The molecule has 98 valence electrons. The summed E-state index contributed by atoms with van der Waals surface area (Å²) >= 11 is 0. The lowest BCUT2D eigenvalue weighted by Gasteiger charge is -2.26. The lowest BCUT2D eigenvalue weighted by Crippen LogP contribution is -2.44. The highest BCUT2D eigenvalue weighted by atomic mass is 16.5. The zero-order valence-electron chi connectivity index (χ0n) is 10.3. The maximum absolute atomic E-state index is 11.2. The van der Waals surface area contributed by atoms with Crippen LogP contribution >= 0.6 is 0 Å². The first-order chi connectivity index (χ1) is 8.24. The highest BCUT2D eigenvalue weighted by Crippen LogP contribution is 1.93. The Balaban J connectivity index is 2.03. The smallest absolute Gasteiger partial charge is 0.396 e. The van der Waals surface area contributed by atoms with E-state index in [2.05, 4.69) is 20.3 Å². The van der Waals surface area contributed by atoms with Crippen molar-refractivity contribution in [1.82, 2.24) is 15.5 Å². The summed E-state index contributed by atoms with van der Waals surface area (Å²) in [5, 5.41) is 5.83. The molecule has 1 aliphatic rings. The van der Waals surface area contributed by atoms with Crippen LogP contribution in [0.25, 0.3) is 0 Å². The van der Waals surface area contributed by atoms with Crippen LogP contribution in [0.2, 0.25) is 0 Å². The van der Waals surface area contributed by atoms with E-state index in [4.69, 9.17) is 0 Å². The van der Waals surface area contributed by atoms with Crippen molar-refractivity contribution < 1.29 is 14.3 Å². The maximum Gasteiger partial charge on any atom is 0.396 e. The van der Waals surface area contributed by atoms with Gasteiger partial charge in [0.1, 0.15) is 0 Å².